The van der Waals surface area contributed by atoms with E-state index in [2.05, 4.69) is 4.99 Å². The molecule has 0 aliphatic rings. The summed E-state index contributed by atoms with van der Waals surface area (Å²) in [6.45, 7) is 0.420. The van der Waals surface area contributed by atoms with E-state index < -0.39 is 84.7 Å². The maximum absolute atomic E-state index is 10.2. The third-order valence-electron chi connectivity index (χ3n) is 3.79. The molecule has 0 aromatic rings. The topological polar surface area (TPSA) is 409 Å². The number of guanidine groups is 1. The van der Waals surface area contributed by atoms with Gasteiger partial charge in [-0.05, 0) is 12.8 Å². The number of hydrogen-bond acceptors (Lipinski definition) is 17. The molecule has 1 atom stereocenters. The fourth-order valence-electron chi connectivity index (χ4n) is 2.01. The van der Waals surface area contributed by atoms with Gasteiger partial charge in [0.05, 0.1) is 11.9 Å². The molecule has 0 spiro atoms. The van der Waals surface area contributed by atoms with Gasteiger partial charge in [0, 0.05) is 56.1 Å². The van der Waals surface area contributed by atoms with E-state index in [-0.39, 0.29) is 119 Å². The van der Waals surface area contributed by atoms with E-state index in [0.717, 1.165) is 0 Å². The van der Waals surface area contributed by atoms with Crippen molar-refractivity contribution in [1.82, 2.24) is 0 Å². The molecule has 0 aliphatic heterocycles. The van der Waals surface area contributed by atoms with Crippen LogP contribution in [0, 0.1) is 0 Å². The summed E-state index contributed by atoms with van der Waals surface area (Å²) in [4.78, 5) is 73.9. The van der Waals surface area contributed by atoms with Gasteiger partial charge in [0.15, 0.2) is 5.96 Å². The zero-order valence-electron chi connectivity index (χ0n) is 21.5. The molecule has 0 radical (unpaired) electrons. The van der Waals surface area contributed by atoms with Crippen molar-refractivity contribution in [2.45, 2.75) is 55.8 Å². The number of carboxylic acid groups (broad SMARTS) is 7. The number of carbonyl (C=O) groups excluding carboxylic acids is 6. The molecule has 0 aromatic heterocycles. The number of aliphatic imine (C=N–C) groups is 1. The van der Waals surface area contributed by atoms with Crippen molar-refractivity contribution < 1.29 is 79.5 Å². The van der Waals surface area contributed by atoms with E-state index in [1.54, 1.807) is 0 Å². The van der Waals surface area contributed by atoms with Crippen LogP contribution in [0.25, 0.3) is 0 Å². The predicted molar refractivity (Wildman–Crippen MR) is 121 cm³/mol. The van der Waals surface area contributed by atoms with Crippen molar-refractivity contribution in [2.24, 2.45) is 22.2 Å². The van der Waals surface area contributed by atoms with E-state index >= 15 is 0 Å². The molecule has 0 fully saturated rings. The van der Waals surface area contributed by atoms with E-state index in [0.29, 0.717) is 19.4 Å². The predicted octanol–water partition coefficient (Wildman–Crippen LogP) is -13.2. The van der Waals surface area contributed by atoms with Crippen LogP contribution in [-0.4, -0.2) is 200 Å². The number of aliphatic carboxylic acids is 7. The average molecular weight is 673 g/mol. The van der Waals surface area contributed by atoms with Gasteiger partial charge in [0.2, 0.25) is 0 Å². The second-order valence-corrected chi connectivity index (χ2v) is 7.23. The smallest absolute Gasteiger partial charge is 0.550 e. The molecule has 9 N–H and O–H groups in total. The molecule has 20 nitrogen and oxygen atoms in total. The number of carboxylic acids is 7. The Hall–Kier alpha value is -0.781. The summed E-state index contributed by atoms with van der Waals surface area (Å²) < 4.78 is 0. The number of nitrogens with zero attached hydrogens (tertiary/aromatic N) is 1. The molecule has 0 rings (SSSR count). The Balaban J connectivity index is -0.000000108. The summed E-state index contributed by atoms with van der Waals surface area (Å²) in [6, 6.07) is -0.820. The summed E-state index contributed by atoms with van der Waals surface area (Å²) in [7, 11) is 0. The third kappa shape index (κ3) is 30.5. The summed E-state index contributed by atoms with van der Waals surface area (Å²) in [5.41, 5.74) is 9.37. The molecule has 0 saturated carbocycles. The van der Waals surface area contributed by atoms with Crippen LogP contribution in [0.5, 0.6) is 0 Å². The van der Waals surface area contributed by atoms with Crippen LogP contribution in [0.4, 0.5) is 0 Å². The van der Waals surface area contributed by atoms with Gasteiger partial charge in [0.1, 0.15) is 17.2 Å². The van der Waals surface area contributed by atoms with Crippen LogP contribution in [0.15, 0.2) is 4.99 Å². The Labute approximate surface area is 320 Å². The fraction of sp³-hybridized carbons (Fsp3) is 0.556. The third-order valence-corrected chi connectivity index (χ3v) is 3.79. The van der Waals surface area contributed by atoms with Gasteiger partial charge < -0.3 is 91.9 Å². The first-order valence-electron chi connectivity index (χ1n) is 9.80. The molecule has 0 aromatic carbocycles. The number of aliphatic hydroxyl groups is 2. The Morgan fingerprint density at radius 2 is 0.927 bits per heavy atom. The summed E-state index contributed by atoms with van der Waals surface area (Å²) >= 11 is 0. The zero-order chi connectivity index (χ0) is 30.9. The molecule has 41 heavy (non-hydrogen) atoms. The largest absolute Gasteiger partial charge is 2.00 e. The minimum Gasteiger partial charge on any atom is -0.550 e. The van der Waals surface area contributed by atoms with Crippen molar-refractivity contribution in [2.75, 3.05) is 6.54 Å². The van der Waals surface area contributed by atoms with Crippen LogP contribution in [0.1, 0.15) is 38.5 Å². The van der Waals surface area contributed by atoms with Crippen molar-refractivity contribution in [3.05, 3.63) is 0 Å². The van der Waals surface area contributed by atoms with E-state index in [1.165, 1.54) is 0 Å². The molecule has 0 bridgehead atoms. The fourth-order valence-corrected chi connectivity index (χ4v) is 2.01. The van der Waals surface area contributed by atoms with Gasteiger partial charge in [0.25, 0.3) is 0 Å². The van der Waals surface area contributed by atoms with Crippen molar-refractivity contribution >= 4 is 161 Å². The minimum absolute atomic E-state index is 0. The Morgan fingerprint density at radius 3 is 1.10 bits per heavy atom. The number of nitrogens with two attached hydrogens (primary N) is 3. The minimum atomic E-state index is -2.97. The maximum Gasteiger partial charge on any atom is 2.00 e. The summed E-state index contributed by atoms with van der Waals surface area (Å²) in [5, 5.41) is 86.2. The SMILES string of the molecule is NC(N)=NCCCC(N)C(=O)O.O=C([O-])CC(O)(CC(=O)[O-])C(=O)[O-].O=C([O-])CC(O)(CC(=O)[O-])C(=O)[O-].[Ca+2].[Ca+2].[Ca+2]. The normalized spacial score (nSPS) is 10.4. The van der Waals surface area contributed by atoms with Crippen molar-refractivity contribution in [3.63, 3.8) is 0 Å². The van der Waals surface area contributed by atoms with Gasteiger partial charge in [-0.2, -0.15) is 0 Å². The number of carbonyl (C=O) groups is 7. The molecule has 0 heterocycles. The molecule has 23 heteroatoms. The molecule has 0 aliphatic carbocycles. The van der Waals surface area contributed by atoms with Crippen LogP contribution in [0.2, 0.25) is 0 Å². The second-order valence-electron chi connectivity index (χ2n) is 7.23. The maximum atomic E-state index is 10.2. The van der Waals surface area contributed by atoms with Crippen molar-refractivity contribution in [3.8, 4) is 0 Å². The van der Waals surface area contributed by atoms with Crippen LogP contribution in [-0.2, 0) is 33.6 Å². The molecule has 1 unspecified atom stereocenters. The van der Waals surface area contributed by atoms with Crippen molar-refractivity contribution in [1.29, 1.82) is 0 Å². The number of hydrogen-bond donors (Lipinski definition) is 6. The quantitative estimate of drug-likeness (QED) is 0.0407. The first-order chi connectivity index (χ1) is 17.1. The van der Waals surface area contributed by atoms with Gasteiger partial charge >= 0.3 is 119 Å². The summed E-state index contributed by atoms with van der Waals surface area (Å²) in [5.74, 6) is -13.0. The Morgan fingerprint density at radius 1 is 0.659 bits per heavy atom. The van der Waals surface area contributed by atoms with E-state index in [9.17, 15) is 64.2 Å². The van der Waals surface area contributed by atoms with Gasteiger partial charge in [-0.15, -0.1) is 0 Å². The van der Waals surface area contributed by atoms with Crippen LogP contribution < -0.4 is 47.8 Å². The Kier molecular flexibility index (Phi) is 34.6. The second kappa shape index (κ2) is 26.8. The van der Waals surface area contributed by atoms with Gasteiger partial charge in [-0.3, -0.25) is 9.79 Å². The molecular weight excluding hydrogens is 648 g/mol. The average Bonchev–Trinajstić information content (AvgIpc) is 2.69. The molecular formula is C18H24Ca3N4O16. The Bertz CT molecular complexity index is 830. The molecule has 218 valence electrons. The first kappa shape index (κ1) is 52.8. The van der Waals surface area contributed by atoms with Crippen LogP contribution >= 0.6 is 0 Å². The summed E-state index contributed by atoms with van der Waals surface area (Å²) in [6.07, 6.45) is -4.48. The van der Waals surface area contributed by atoms with E-state index in [1.807, 2.05) is 0 Å². The number of rotatable bonds is 15. The van der Waals surface area contributed by atoms with E-state index in [4.69, 9.17) is 32.5 Å². The standard InChI is InChI=1S/C6H14N4O2.2C6H8O7.3Ca/c7-4(5(11)12)2-1-3-10-6(8)9;2*7-3(8)1-6(13,5(11)12)2-4(9)10;;;/h4H,1-3,7H2,(H,11,12)(H4,8,9,10);2*13H,1-2H2,(H,7,8)(H,9,10)(H,11,12);;;/q;;;3*+2/p-6. The molecule has 0 amide bonds. The molecule has 0 saturated heterocycles. The zero-order valence-corrected chi connectivity index (χ0v) is 28.1. The first-order valence-corrected chi connectivity index (χ1v) is 9.80. The van der Waals surface area contributed by atoms with Gasteiger partial charge in [-0.1, -0.05) is 0 Å². The van der Waals surface area contributed by atoms with Crippen LogP contribution in [0.3, 0.4) is 0 Å². The monoisotopic (exact) mass is 672 g/mol. The van der Waals surface area contributed by atoms with Gasteiger partial charge in [-0.25, -0.2) is 0 Å².